The standard InChI is InChI=1S/C10H6Cl2FN3/c1-5-4-14-3-2-6(5)10-15-8(11)7(13)9(12)16-10/h2-4H,1H3. The molecule has 0 fully saturated rings. The Morgan fingerprint density at radius 3 is 2.38 bits per heavy atom. The smallest absolute Gasteiger partial charge is 0.197 e. The van der Waals surface area contributed by atoms with Gasteiger partial charge < -0.3 is 0 Å². The van der Waals surface area contributed by atoms with Crippen molar-refractivity contribution in [3.63, 3.8) is 0 Å². The fourth-order valence-electron chi connectivity index (χ4n) is 1.24. The molecule has 0 aliphatic heterocycles. The van der Waals surface area contributed by atoms with Gasteiger partial charge in [-0.05, 0) is 18.6 Å². The zero-order chi connectivity index (χ0) is 11.7. The van der Waals surface area contributed by atoms with Crippen LogP contribution in [0.1, 0.15) is 5.56 Å². The van der Waals surface area contributed by atoms with E-state index in [0.29, 0.717) is 0 Å². The molecule has 82 valence electrons. The van der Waals surface area contributed by atoms with E-state index in [1.165, 1.54) is 0 Å². The first-order valence-electron chi connectivity index (χ1n) is 4.39. The third-order valence-corrected chi connectivity index (χ3v) is 2.53. The van der Waals surface area contributed by atoms with Gasteiger partial charge in [-0.25, -0.2) is 14.4 Å². The van der Waals surface area contributed by atoms with Gasteiger partial charge in [0.2, 0.25) is 0 Å². The Labute approximate surface area is 101 Å². The van der Waals surface area contributed by atoms with E-state index < -0.39 is 5.82 Å². The molecule has 0 unspecified atom stereocenters. The monoisotopic (exact) mass is 257 g/mol. The number of aromatic nitrogens is 3. The van der Waals surface area contributed by atoms with Gasteiger partial charge in [0, 0.05) is 18.0 Å². The van der Waals surface area contributed by atoms with Gasteiger partial charge in [0.15, 0.2) is 21.9 Å². The Morgan fingerprint density at radius 2 is 1.81 bits per heavy atom. The maximum Gasteiger partial charge on any atom is 0.197 e. The predicted molar refractivity (Wildman–Crippen MR) is 60.0 cm³/mol. The molecule has 3 nitrogen and oxygen atoms in total. The highest BCUT2D eigenvalue weighted by Gasteiger charge is 2.13. The molecule has 2 aromatic rings. The molecule has 2 heterocycles. The molecule has 0 saturated heterocycles. The first-order chi connectivity index (χ1) is 7.59. The third kappa shape index (κ3) is 1.99. The lowest BCUT2D eigenvalue weighted by atomic mass is 10.1. The summed E-state index contributed by atoms with van der Waals surface area (Å²) in [5.41, 5.74) is 1.58. The van der Waals surface area contributed by atoms with Crippen LogP contribution in [0.2, 0.25) is 10.3 Å². The second-order valence-corrected chi connectivity index (χ2v) is 3.85. The van der Waals surface area contributed by atoms with E-state index in [9.17, 15) is 4.39 Å². The van der Waals surface area contributed by atoms with E-state index >= 15 is 0 Å². The summed E-state index contributed by atoms with van der Waals surface area (Å²) in [6.07, 6.45) is 3.25. The highest BCUT2D eigenvalue weighted by atomic mass is 35.5. The van der Waals surface area contributed by atoms with Crippen molar-refractivity contribution in [3.05, 3.63) is 40.1 Å². The minimum atomic E-state index is -0.807. The predicted octanol–water partition coefficient (Wildman–Crippen LogP) is 3.29. The fourth-order valence-corrected chi connectivity index (χ4v) is 1.63. The lowest BCUT2D eigenvalue weighted by Gasteiger charge is -2.05. The number of hydrogen-bond donors (Lipinski definition) is 0. The normalized spacial score (nSPS) is 10.5. The molecule has 0 radical (unpaired) electrons. The Hall–Kier alpha value is -1.26. The van der Waals surface area contributed by atoms with Crippen LogP contribution in [-0.4, -0.2) is 15.0 Å². The molecule has 6 heteroatoms. The molecule has 2 aromatic heterocycles. The van der Waals surface area contributed by atoms with Crippen LogP contribution in [0.5, 0.6) is 0 Å². The molecule has 0 atom stereocenters. The van der Waals surface area contributed by atoms with E-state index in [1.807, 2.05) is 6.92 Å². The average molecular weight is 258 g/mol. The van der Waals surface area contributed by atoms with Crippen LogP contribution in [0.4, 0.5) is 4.39 Å². The van der Waals surface area contributed by atoms with Gasteiger partial charge in [-0.3, -0.25) is 4.98 Å². The molecule has 0 aliphatic carbocycles. The van der Waals surface area contributed by atoms with Gasteiger partial charge >= 0.3 is 0 Å². The summed E-state index contributed by atoms with van der Waals surface area (Å²) in [5.74, 6) is -0.518. The minimum absolute atomic E-state index is 0.286. The Balaban J connectivity index is 2.62. The highest BCUT2D eigenvalue weighted by molar-refractivity contribution is 6.33. The van der Waals surface area contributed by atoms with Gasteiger partial charge in [0.25, 0.3) is 0 Å². The van der Waals surface area contributed by atoms with Gasteiger partial charge in [-0.15, -0.1) is 0 Å². The summed E-state index contributed by atoms with van der Waals surface area (Å²) in [5, 5.41) is -0.572. The van der Waals surface area contributed by atoms with Crippen molar-refractivity contribution in [2.75, 3.05) is 0 Å². The van der Waals surface area contributed by atoms with Crippen LogP contribution in [0, 0.1) is 12.7 Å². The van der Waals surface area contributed by atoms with Crippen molar-refractivity contribution >= 4 is 23.2 Å². The fraction of sp³-hybridized carbons (Fsp3) is 0.100. The molecule has 2 rings (SSSR count). The molecule has 0 spiro atoms. The summed E-state index contributed by atoms with van der Waals surface area (Å²) < 4.78 is 13.1. The number of hydrogen-bond acceptors (Lipinski definition) is 3. The molecule has 0 aromatic carbocycles. The summed E-state index contributed by atoms with van der Waals surface area (Å²) >= 11 is 11.2. The maximum atomic E-state index is 13.1. The summed E-state index contributed by atoms with van der Waals surface area (Å²) in [6.45, 7) is 1.84. The highest BCUT2D eigenvalue weighted by Crippen LogP contribution is 2.25. The second kappa shape index (κ2) is 4.31. The van der Waals surface area contributed by atoms with Crippen LogP contribution in [0.15, 0.2) is 18.5 Å². The van der Waals surface area contributed by atoms with Crippen LogP contribution in [0.25, 0.3) is 11.4 Å². The number of pyridine rings is 1. The van der Waals surface area contributed by atoms with Crippen LogP contribution in [0.3, 0.4) is 0 Å². The second-order valence-electron chi connectivity index (χ2n) is 3.13. The van der Waals surface area contributed by atoms with Crippen molar-refractivity contribution in [1.29, 1.82) is 0 Å². The van der Waals surface area contributed by atoms with E-state index in [2.05, 4.69) is 15.0 Å². The minimum Gasteiger partial charge on any atom is -0.264 e. The molecule has 0 N–H and O–H groups in total. The molecule has 0 saturated carbocycles. The third-order valence-electron chi connectivity index (χ3n) is 2.03. The van der Waals surface area contributed by atoms with Crippen molar-refractivity contribution in [2.45, 2.75) is 6.92 Å². The van der Waals surface area contributed by atoms with E-state index in [0.717, 1.165) is 11.1 Å². The Morgan fingerprint density at radius 1 is 1.19 bits per heavy atom. The zero-order valence-electron chi connectivity index (χ0n) is 8.21. The maximum absolute atomic E-state index is 13.1. The first kappa shape index (κ1) is 11.2. The Kier molecular flexibility index (Phi) is 3.03. The van der Waals surface area contributed by atoms with Gasteiger partial charge in [-0.2, -0.15) is 0 Å². The lowest BCUT2D eigenvalue weighted by Crippen LogP contribution is -1.96. The van der Waals surface area contributed by atoms with Crippen molar-refractivity contribution in [2.24, 2.45) is 0 Å². The van der Waals surface area contributed by atoms with Gasteiger partial charge in [0.1, 0.15) is 0 Å². The van der Waals surface area contributed by atoms with Crippen molar-refractivity contribution < 1.29 is 4.39 Å². The topological polar surface area (TPSA) is 38.7 Å². The first-order valence-corrected chi connectivity index (χ1v) is 5.14. The molecule has 16 heavy (non-hydrogen) atoms. The van der Waals surface area contributed by atoms with Crippen molar-refractivity contribution in [1.82, 2.24) is 15.0 Å². The van der Waals surface area contributed by atoms with E-state index in [4.69, 9.17) is 23.2 Å². The number of rotatable bonds is 1. The average Bonchev–Trinajstić information content (AvgIpc) is 2.26. The molecule has 0 aliphatic rings. The zero-order valence-corrected chi connectivity index (χ0v) is 9.72. The quantitative estimate of drug-likeness (QED) is 0.736. The van der Waals surface area contributed by atoms with Crippen molar-refractivity contribution in [3.8, 4) is 11.4 Å². The molecule has 0 amide bonds. The SMILES string of the molecule is Cc1cnccc1-c1nc(Cl)c(F)c(Cl)n1. The van der Waals surface area contributed by atoms with Gasteiger partial charge in [0.05, 0.1) is 0 Å². The van der Waals surface area contributed by atoms with Crippen LogP contribution < -0.4 is 0 Å². The van der Waals surface area contributed by atoms with Gasteiger partial charge in [-0.1, -0.05) is 23.2 Å². The molecule has 0 bridgehead atoms. The summed E-state index contributed by atoms with van der Waals surface area (Å²) in [4.78, 5) is 11.6. The largest absolute Gasteiger partial charge is 0.264 e. The summed E-state index contributed by atoms with van der Waals surface area (Å²) in [7, 11) is 0. The number of halogens is 3. The molecular weight excluding hydrogens is 252 g/mol. The lowest BCUT2D eigenvalue weighted by molar-refractivity contribution is 0.615. The number of aryl methyl sites for hydroxylation is 1. The van der Waals surface area contributed by atoms with E-state index in [-0.39, 0.29) is 16.1 Å². The van der Waals surface area contributed by atoms with E-state index in [1.54, 1.807) is 18.5 Å². The molecular formula is C10H6Cl2FN3. The Bertz CT molecular complexity index is 522. The van der Waals surface area contributed by atoms with Crippen LogP contribution in [-0.2, 0) is 0 Å². The summed E-state index contributed by atoms with van der Waals surface area (Å²) in [6, 6.07) is 1.72. The van der Waals surface area contributed by atoms with Crippen LogP contribution >= 0.6 is 23.2 Å². The number of nitrogens with zero attached hydrogens (tertiary/aromatic N) is 3.